The van der Waals surface area contributed by atoms with Gasteiger partial charge in [-0.05, 0) is 18.9 Å². The average Bonchev–Trinajstić information content (AvgIpc) is 2.29. The normalized spacial score (nSPS) is 10.6. The van der Waals surface area contributed by atoms with Crippen LogP contribution in [0.3, 0.4) is 0 Å². The molecule has 0 aliphatic rings. The first-order valence-electron chi connectivity index (χ1n) is 6.13. The fourth-order valence-electron chi connectivity index (χ4n) is 1.30. The number of anilines is 1. The molecule has 0 aliphatic carbocycles. The minimum absolute atomic E-state index is 0.537. The molecule has 4 nitrogen and oxygen atoms in total. The Labute approximate surface area is 103 Å². The molecule has 0 bridgehead atoms. The summed E-state index contributed by atoms with van der Waals surface area (Å²) in [5.74, 6) is 2.04. The molecule has 0 amide bonds. The lowest BCUT2D eigenvalue weighted by atomic mass is 10.2. The summed E-state index contributed by atoms with van der Waals surface area (Å²) >= 11 is 0. The lowest BCUT2D eigenvalue weighted by molar-refractivity contribution is 0.0807. The van der Waals surface area contributed by atoms with Crippen LogP contribution < -0.4 is 10.1 Å². The molecule has 1 aromatic heterocycles. The van der Waals surface area contributed by atoms with Crippen molar-refractivity contribution in [3.63, 3.8) is 0 Å². The minimum atomic E-state index is 0.537. The van der Waals surface area contributed by atoms with Gasteiger partial charge < -0.3 is 14.8 Å². The third-order valence-corrected chi connectivity index (χ3v) is 2.01. The minimum Gasteiger partial charge on any atom is -0.475 e. The van der Waals surface area contributed by atoms with Crippen molar-refractivity contribution < 1.29 is 9.47 Å². The van der Waals surface area contributed by atoms with Gasteiger partial charge in [-0.1, -0.05) is 19.9 Å². The van der Waals surface area contributed by atoms with Crippen LogP contribution in [-0.4, -0.2) is 31.3 Å². The highest BCUT2D eigenvalue weighted by atomic mass is 16.5. The van der Waals surface area contributed by atoms with Crippen LogP contribution in [0.4, 0.5) is 5.82 Å². The second-order valence-corrected chi connectivity index (χ2v) is 4.21. The summed E-state index contributed by atoms with van der Waals surface area (Å²) in [5.41, 5.74) is 0. The summed E-state index contributed by atoms with van der Waals surface area (Å²) in [7, 11) is 0. The first kappa shape index (κ1) is 13.8. The van der Waals surface area contributed by atoms with E-state index in [-0.39, 0.29) is 0 Å². The highest BCUT2D eigenvalue weighted by Gasteiger charge is 1.98. The number of aromatic nitrogens is 1. The van der Waals surface area contributed by atoms with Crippen molar-refractivity contribution in [1.29, 1.82) is 0 Å². The van der Waals surface area contributed by atoms with Crippen LogP contribution in [0.15, 0.2) is 18.2 Å². The van der Waals surface area contributed by atoms with E-state index in [1.807, 2.05) is 25.1 Å². The maximum atomic E-state index is 5.50. The highest BCUT2D eigenvalue weighted by molar-refractivity contribution is 5.36. The van der Waals surface area contributed by atoms with Crippen molar-refractivity contribution in [2.24, 2.45) is 5.92 Å². The van der Waals surface area contributed by atoms with Crippen LogP contribution >= 0.6 is 0 Å². The Bertz CT molecular complexity index is 316. The molecule has 0 unspecified atom stereocenters. The summed E-state index contributed by atoms with van der Waals surface area (Å²) in [6, 6.07) is 5.70. The van der Waals surface area contributed by atoms with Gasteiger partial charge in [0.15, 0.2) is 0 Å². The Morgan fingerprint density at radius 3 is 2.82 bits per heavy atom. The zero-order valence-electron chi connectivity index (χ0n) is 10.9. The van der Waals surface area contributed by atoms with Crippen molar-refractivity contribution in [1.82, 2.24) is 4.98 Å². The van der Waals surface area contributed by atoms with Gasteiger partial charge in [-0.15, -0.1) is 0 Å². The van der Waals surface area contributed by atoms with Crippen molar-refractivity contribution in [2.45, 2.75) is 20.8 Å². The van der Waals surface area contributed by atoms with Gasteiger partial charge in [0.2, 0.25) is 5.88 Å². The summed E-state index contributed by atoms with van der Waals surface area (Å²) in [5, 5.41) is 3.14. The Morgan fingerprint density at radius 2 is 2.12 bits per heavy atom. The van der Waals surface area contributed by atoms with Gasteiger partial charge in [0.25, 0.3) is 0 Å². The summed E-state index contributed by atoms with van der Waals surface area (Å²) in [6.45, 7) is 9.06. The molecule has 0 radical (unpaired) electrons. The molecule has 17 heavy (non-hydrogen) atoms. The zero-order valence-corrected chi connectivity index (χ0v) is 10.9. The van der Waals surface area contributed by atoms with Crippen LogP contribution in [0.1, 0.15) is 20.8 Å². The largest absolute Gasteiger partial charge is 0.475 e. The number of pyridine rings is 1. The highest BCUT2D eigenvalue weighted by Crippen LogP contribution is 2.10. The van der Waals surface area contributed by atoms with Crippen LogP contribution in [-0.2, 0) is 4.74 Å². The van der Waals surface area contributed by atoms with Gasteiger partial charge in [-0.25, -0.2) is 0 Å². The molecule has 1 heterocycles. The van der Waals surface area contributed by atoms with E-state index in [1.54, 1.807) is 0 Å². The van der Waals surface area contributed by atoms with Crippen LogP contribution in [0.5, 0.6) is 5.88 Å². The fraction of sp³-hybridized carbons (Fsp3) is 0.615. The van der Waals surface area contributed by atoms with E-state index >= 15 is 0 Å². The molecule has 1 rings (SSSR count). The topological polar surface area (TPSA) is 43.4 Å². The lowest BCUT2D eigenvalue weighted by Crippen LogP contribution is -2.11. The van der Waals surface area contributed by atoms with Crippen molar-refractivity contribution in [3.8, 4) is 5.88 Å². The Kier molecular flexibility index (Phi) is 6.40. The Hall–Kier alpha value is -1.29. The molecule has 0 aliphatic heterocycles. The second kappa shape index (κ2) is 7.90. The van der Waals surface area contributed by atoms with E-state index in [0.29, 0.717) is 25.0 Å². The smallest absolute Gasteiger partial charge is 0.215 e. The molecule has 1 N–H and O–H groups in total. The number of ether oxygens (including phenoxy) is 2. The van der Waals surface area contributed by atoms with Crippen LogP contribution in [0.25, 0.3) is 0 Å². The number of nitrogens with zero attached hydrogens (tertiary/aromatic N) is 1. The molecule has 0 saturated heterocycles. The van der Waals surface area contributed by atoms with Gasteiger partial charge >= 0.3 is 0 Å². The van der Waals surface area contributed by atoms with E-state index in [9.17, 15) is 0 Å². The van der Waals surface area contributed by atoms with E-state index in [1.165, 1.54) is 0 Å². The molecule has 1 aromatic rings. The van der Waals surface area contributed by atoms with E-state index < -0.39 is 0 Å². The second-order valence-electron chi connectivity index (χ2n) is 4.21. The Morgan fingerprint density at radius 1 is 1.29 bits per heavy atom. The van der Waals surface area contributed by atoms with Crippen molar-refractivity contribution in [2.75, 3.05) is 31.7 Å². The van der Waals surface area contributed by atoms with Crippen LogP contribution in [0, 0.1) is 5.92 Å². The van der Waals surface area contributed by atoms with Crippen LogP contribution in [0.2, 0.25) is 0 Å². The van der Waals surface area contributed by atoms with E-state index in [4.69, 9.17) is 9.47 Å². The molecule has 0 saturated carbocycles. The zero-order chi connectivity index (χ0) is 12.5. The average molecular weight is 238 g/mol. The molecular weight excluding hydrogens is 216 g/mol. The molecule has 0 aromatic carbocycles. The Balaban J connectivity index is 2.24. The maximum absolute atomic E-state index is 5.50. The fourth-order valence-corrected chi connectivity index (χ4v) is 1.30. The molecule has 0 atom stereocenters. The number of hydrogen-bond donors (Lipinski definition) is 1. The summed E-state index contributed by atoms with van der Waals surface area (Å²) < 4.78 is 10.9. The standard InChI is InChI=1S/C13H22N2O2/c1-4-14-12-6-5-7-13(15-12)17-9-8-16-10-11(2)3/h5-7,11H,4,8-10H2,1-3H3,(H,14,15). The van der Waals surface area contributed by atoms with Gasteiger partial charge in [-0.3, -0.25) is 0 Å². The first-order chi connectivity index (χ1) is 8.22. The third-order valence-electron chi connectivity index (χ3n) is 2.01. The van der Waals surface area contributed by atoms with Gasteiger partial charge in [0.05, 0.1) is 6.61 Å². The molecule has 0 spiro atoms. The SMILES string of the molecule is CCNc1cccc(OCCOCC(C)C)n1. The number of hydrogen-bond acceptors (Lipinski definition) is 4. The quantitative estimate of drug-likeness (QED) is 0.707. The predicted octanol–water partition coefficient (Wildman–Crippen LogP) is 2.56. The predicted molar refractivity (Wildman–Crippen MR) is 69.6 cm³/mol. The first-order valence-corrected chi connectivity index (χ1v) is 6.13. The van der Waals surface area contributed by atoms with Crippen molar-refractivity contribution in [3.05, 3.63) is 18.2 Å². The van der Waals surface area contributed by atoms with Gasteiger partial charge in [0.1, 0.15) is 12.4 Å². The van der Waals surface area contributed by atoms with E-state index in [2.05, 4.69) is 24.1 Å². The van der Waals surface area contributed by atoms with Gasteiger partial charge in [0, 0.05) is 19.2 Å². The molecule has 4 heteroatoms. The molecule has 96 valence electrons. The lowest BCUT2D eigenvalue weighted by Gasteiger charge is -2.09. The summed E-state index contributed by atoms with van der Waals surface area (Å²) in [6.07, 6.45) is 0. The third kappa shape index (κ3) is 6.12. The number of rotatable bonds is 8. The van der Waals surface area contributed by atoms with Crippen molar-refractivity contribution >= 4 is 5.82 Å². The number of nitrogens with one attached hydrogen (secondary N) is 1. The maximum Gasteiger partial charge on any atom is 0.215 e. The van der Waals surface area contributed by atoms with E-state index in [0.717, 1.165) is 19.0 Å². The molecule has 0 fully saturated rings. The van der Waals surface area contributed by atoms with Gasteiger partial charge in [-0.2, -0.15) is 4.98 Å². The summed E-state index contributed by atoms with van der Waals surface area (Å²) in [4.78, 5) is 4.31. The molecular formula is C13H22N2O2. The monoisotopic (exact) mass is 238 g/mol.